The van der Waals surface area contributed by atoms with Gasteiger partial charge >= 0.3 is 0 Å². The Hall–Kier alpha value is -2.44. The molecule has 0 bridgehead atoms. The van der Waals surface area contributed by atoms with Gasteiger partial charge in [0, 0.05) is 44.5 Å². The summed E-state index contributed by atoms with van der Waals surface area (Å²) in [5, 5.41) is 14.1. The van der Waals surface area contributed by atoms with Crippen molar-refractivity contribution in [2.75, 3.05) is 26.7 Å². The molecule has 1 aromatic heterocycles. The average Bonchev–Trinajstić information content (AvgIpc) is 2.70. The lowest BCUT2D eigenvalue weighted by Crippen LogP contribution is -2.57. The SMILES string of the molecule is COc1cccc(CN2CCCC(O)(CNCCc3ccccn3)C2=O)c1. The van der Waals surface area contributed by atoms with E-state index in [1.165, 1.54) is 0 Å². The molecule has 1 aliphatic rings. The van der Waals surface area contributed by atoms with E-state index in [2.05, 4.69) is 10.3 Å². The van der Waals surface area contributed by atoms with Crippen LogP contribution in [0.15, 0.2) is 48.7 Å². The molecule has 1 saturated heterocycles. The summed E-state index contributed by atoms with van der Waals surface area (Å²) in [6.07, 6.45) is 3.80. The van der Waals surface area contributed by atoms with Gasteiger partial charge in [-0.05, 0) is 42.7 Å². The summed E-state index contributed by atoms with van der Waals surface area (Å²) in [6.45, 7) is 2.06. The van der Waals surface area contributed by atoms with E-state index in [4.69, 9.17) is 4.74 Å². The Morgan fingerprint density at radius 3 is 2.96 bits per heavy atom. The van der Waals surface area contributed by atoms with Crippen LogP contribution < -0.4 is 10.1 Å². The number of benzene rings is 1. The maximum atomic E-state index is 12.9. The van der Waals surface area contributed by atoms with Crippen molar-refractivity contribution < 1.29 is 14.6 Å². The zero-order chi connectivity index (χ0) is 19.1. The fraction of sp³-hybridized carbons (Fsp3) is 0.429. The van der Waals surface area contributed by atoms with Gasteiger partial charge in [0.2, 0.25) is 0 Å². The number of hydrogen-bond donors (Lipinski definition) is 2. The fourth-order valence-electron chi connectivity index (χ4n) is 3.43. The number of ether oxygens (including phenoxy) is 1. The van der Waals surface area contributed by atoms with Gasteiger partial charge in [0.15, 0.2) is 5.60 Å². The minimum absolute atomic E-state index is 0.207. The molecular formula is C21H27N3O3. The summed E-state index contributed by atoms with van der Waals surface area (Å²) in [5.74, 6) is 0.560. The van der Waals surface area contributed by atoms with Gasteiger partial charge in [0.1, 0.15) is 5.75 Å². The Morgan fingerprint density at radius 1 is 1.30 bits per heavy atom. The van der Waals surface area contributed by atoms with Crippen LogP contribution in [0.25, 0.3) is 0 Å². The number of nitrogens with zero attached hydrogens (tertiary/aromatic N) is 2. The molecule has 0 spiro atoms. The van der Waals surface area contributed by atoms with Crippen molar-refractivity contribution in [2.45, 2.75) is 31.4 Å². The lowest BCUT2D eigenvalue weighted by molar-refractivity contribution is -0.157. The van der Waals surface area contributed by atoms with Crippen molar-refractivity contribution >= 4 is 5.91 Å². The summed E-state index contributed by atoms with van der Waals surface area (Å²) >= 11 is 0. The molecule has 1 fully saturated rings. The van der Waals surface area contributed by atoms with Crippen molar-refractivity contribution in [1.29, 1.82) is 0 Å². The summed E-state index contributed by atoms with van der Waals surface area (Å²) in [5.41, 5.74) is 0.642. The van der Waals surface area contributed by atoms with Crippen LogP contribution >= 0.6 is 0 Å². The minimum atomic E-state index is -1.35. The number of piperidine rings is 1. The predicted molar refractivity (Wildman–Crippen MR) is 103 cm³/mol. The van der Waals surface area contributed by atoms with E-state index in [1.807, 2.05) is 42.5 Å². The van der Waals surface area contributed by atoms with E-state index in [0.29, 0.717) is 26.1 Å². The Labute approximate surface area is 160 Å². The molecule has 6 nitrogen and oxygen atoms in total. The maximum Gasteiger partial charge on any atom is 0.256 e. The monoisotopic (exact) mass is 369 g/mol. The first-order valence-corrected chi connectivity index (χ1v) is 9.36. The third-order valence-corrected chi connectivity index (χ3v) is 4.91. The van der Waals surface area contributed by atoms with E-state index in [1.54, 1.807) is 18.2 Å². The zero-order valence-electron chi connectivity index (χ0n) is 15.7. The largest absolute Gasteiger partial charge is 0.497 e. The molecule has 6 heteroatoms. The lowest BCUT2D eigenvalue weighted by Gasteiger charge is -2.38. The number of carbonyl (C=O) groups excluding carboxylic acids is 1. The molecule has 2 heterocycles. The highest BCUT2D eigenvalue weighted by molar-refractivity contribution is 5.86. The second kappa shape index (κ2) is 8.97. The molecule has 144 valence electrons. The highest BCUT2D eigenvalue weighted by atomic mass is 16.5. The standard InChI is InChI=1S/C21H27N3O3/c1-27-19-8-4-6-17(14-19)15-24-13-5-10-21(26,20(24)25)16-22-12-9-18-7-2-3-11-23-18/h2-4,6-8,11,14,22,26H,5,9-10,12-13,15-16H2,1H3. The first kappa shape index (κ1) is 19.3. The summed E-state index contributed by atoms with van der Waals surface area (Å²) < 4.78 is 5.25. The number of amides is 1. The van der Waals surface area contributed by atoms with Gasteiger partial charge in [-0.15, -0.1) is 0 Å². The Balaban J connectivity index is 1.54. The van der Waals surface area contributed by atoms with Crippen molar-refractivity contribution in [1.82, 2.24) is 15.2 Å². The van der Waals surface area contributed by atoms with Gasteiger partial charge in [-0.2, -0.15) is 0 Å². The van der Waals surface area contributed by atoms with Crippen LogP contribution in [0.3, 0.4) is 0 Å². The third-order valence-electron chi connectivity index (χ3n) is 4.91. The molecule has 0 aliphatic carbocycles. The Morgan fingerprint density at radius 2 is 2.19 bits per heavy atom. The van der Waals surface area contributed by atoms with Crippen LogP contribution in [0.5, 0.6) is 5.75 Å². The molecule has 2 aromatic rings. The van der Waals surface area contributed by atoms with Gasteiger partial charge in [0.05, 0.1) is 7.11 Å². The zero-order valence-corrected chi connectivity index (χ0v) is 15.7. The molecule has 27 heavy (non-hydrogen) atoms. The quantitative estimate of drug-likeness (QED) is 0.694. The van der Waals surface area contributed by atoms with Crippen molar-refractivity contribution in [3.63, 3.8) is 0 Å². The number of hydrogen-bond acceptors (Lipinski definition) is 5. The molecule has 0 radical (unpaired) electrons. The van der Waals surface area contributed by atoms with Crippen LogP contribution in [0.4, 0.5) is 0 Å². The number of pyridine rings is 1. The number of carbonyl (C=O) groups is 1. The van der Waals surface area contributed by atoms with E-state index >= 15 is 0 Å². The van der Waals surface area contributed by atoms with Crippen LogP contribution in [0.1, 0.15) is 24.1 Å². The van der Waals surface area contributed by atoms with Crippen LogP contribution in [-0.2, 0) is 17.8 Å². The van der Waals surface area contributed by atoms with Crippen molar-refractivity contribution in [2.24, 2.45) is 0 Å². The van der Waals surface area contributed by atoms with Gasteiger partial charge in [-0.1, -0.05) is 18.2 Å². The summed E-state index contributed by atoms with van der Waals surface area (Å²) in [7, 11) is 1.63. The molecule has 3 rings (SSSR count). The normalized spacial score (nSPS) is 19.9. The van der Waals surface area contributed by atoms with Gasteiger partial charge in [0.25, 0.3) is 5.91 Å². The molecule has 0 saturated carbocycles. The summed E-state index contributed by atoms with van der Waals surface area (Å²) in [6, 6.07) is 13.5. The number of methoxy groups -OCH3 is 1. The predicted octanol–water partition coefficient (Wildman–Crippen LogP) is 1.78. The maximum absolute atomic E-state index is 12.9. The molecule has 1 unspecified atom stereocenters. The third kappa shape index (κ3) is 5.05. The molecule has 1 amide bonds. The average molecular weight is 369 g/mol. The number of rotatable bonds is 8. The summed E-state index contributed by atoms with van der Waals surface area (Å²) in [4.78, 5) is 18.9. The molecular weight excluding hydrogens is 342 g/mol. The van der Waals surface area contributed by atoms with E-state index in [-0.39, 0.29) is 12.5 Å². The smallest absolute Gasteiger partial charge is 0.256 e. The number of aromatic nitrogens is 1. The first-order chi connectivity index (χ1) is 13.1. The Kier molecular flexibility index (Phi) is 6.42. The van der Waals surface area contributed by atoms with Gasteiger partial charge in [-0.25, -0.2) is 0 Å². The van der Waals surface area contributed by atoms with Crippen LogP contribution in [0.2, 0.25) is 0 Å². The van der Waals surface area contributed by atoms with Gasteiger partial charge < -0.3 is 20.1 Å². The van der Waals surface area contributed by atoms with E-state index in [0.717, 1.165) is 29.8 Å². The lowest BCUT2D eigenvalue weighted by atomic mass is 9.91. The topological polar surface area (TPSA) is 74.7 Å². The van der Waals surface area contributed by atoms with Crippen LogP contribution in [0, 0.1) is 0 Å². The fourth-order valence-corrected chi connectivity index (χ4v) is 3.43. The highest BCUT2D eigenvalue weighted by Gasteiger charge is 2.41. The number of nitrogens with one attached hydrogen (secondary N) is 1. The van der Waals surface area contributed by atoms with Crippen molar-refractivity contribution in [3.8, 4) is 5.75 Å². The molecule has 1 aromatic carbocycles. The van der Waals surface area contributed by atoms with Crippen molar-refractivity contribution in [3.05, 3.63) is 59.9 Å². The molecule has 2 N–H and O–H groups in total. The molecule has 1 atom stereocenters. The van der Waals surface area contributed by atoms with E-state index in [9.17, 15) is 9.90 Å². The Bertz CT molecular complexity index is 753. The van der Waals surface area contributed by atoms with Crippen LogP contribution in [-0.4, -0.2) is 53.2 Å². The highest BCUT2D eigenvalue weighted by Crippen LogP contribution is 2.24. The second-order valence-electron chi connectivity index (χ2n) is 6.96. The van der Waals surface area contributed by atoms with Gasteiger partial charge in [-0.3, -0.25) is 9.78 Å². The molecule has 1 aliphatic heterocycles. The first-order valence-electron chi connectivity index (χ1n) is 9.36. The number of aliphatic hydroxyl groups is 1. The second-order valence-corrected chi connectivity index (χ2v) is 6.96. The minimum Gasteiger partial charge on any atom is -0.497 e. The van der Waals surface area contributed by atoms with E-state index < -0.39 is 5.60 Å². The number of likely N-dealkylation sites (tertiary alicyclic amines) is 1.